The summed E-state index contributed by atoms with van der Waals surface area (Å²) in [5, 5.41) is 0. The van der Waals surface area contributed by atoms with Crippen LogP contribution in [0.25, 0.3) is 0 Å². The fraction of sp³-hybridized carbons (Fsp3) is 0.625. The Morgan fingerprint density at radius 2 is 2.05 bits per heavy atom. The summed E-state index contributed by atoms with van der Waals surface area (Å²) in [6.45, 7) is 6.17. The smallest absolute Gasteiger partial charge is 0.0702 e. The SMILES string of the molecule is Cc1ccc(C(N)CCN(C)C2CCOC2C)cc1. The number of benzene rings is 1. The highest BCUT2D eigenvalue weighted by Gasteiger charge is 2.27. The highest BCUT2D eigenvalue weighted by Crippen LogP contribution is 2.20. The average molecular weight is 262 g/mol. The molecule has 3 unspecified atom stereocenters. The lowest BCUT2D eigenvalue weighted by Crippen LogP contribution is -2.38. The van der Waals surface area contributed by atoms with Gasteiger partial charge in [0.1, 0.15) is 0 Å². The van der Waals surface area contributed by atoms with Crippen LogP contribution in [0.1, 0.15) is 36.9 Å². The molecule has 0 bridgehead atoms. The lowest BCUT2D eigenvalue weighted by Gasteiger charge is -2.27. The van der Waals surface area contributed by atoms with Crippen LogP contribution in [-0.2, 0) is 4.74 Å². The van der Waals surface area contributed by atoms with E-state index < -0.39 is 0 Å². The first-order valence-corrected chi connectivity index (χ1v) is 7.22. The fourth-order valence-electron chi connectivity index (χ4n) is 2.79. The lowest BCUT2D eigenvalue weighted by atomic mass is 10.0. The highest BCUT2D eigenvalue weighted by molar-refractivity contribution is 5.23. The van der Waals surface area contributed by atoms with Gasteiger partial charge in [0, 0.05) is 25.2 Å². The monoisotopic (exact) mass is 262 g/mol. The largest absolute Gasteiger partial charge is 0.377 e. The Hall–Kier alpha value is -0.900. The van der Waals surface area contributed by atoms with E-state index in [2.05, 4.69) is 50.1 Å². The third kappa shape index (κ3) is 3.78. The molecule has 1 heterocycles. The minimum Gasteiger partial charge on any atom is -0.377 e. The van der Waals surface area contributed by atoms with E-state index >= 15 is 0 Å². The summed E-state index contributed by atoms with van der Waals surface area (Å²) in [5.74, 6) is 0. The maximum absolute atomic E-state index is 6.27. The van der Waals surface area contributed by atoms with Crippen molar-refractivity contribution >= 4 is 0 Å². The third-order valence-electron chi connectivity index (χ3n) is 4.20. The molecule has 0 saturated carbocycles. The van der Waals surface area contributed by atoms with Gasteiger partial charge in [0.2, 0.25) is 0 Å². The van der Waals surface area contributed by atoms with Crippen LogP contribution in [0.4, 0.5) is 0 Å². The van der Waals surface area contributed by atoms with Gasteiger partial charge in [-0.15, -0.1) is 0 Å². The first-order chi connectivity index (χ1) is 9.08. The second kappa shape index (κ2) is 6.51. The van der Waals surface area contributed by atoms with Crippen molar-refractivity contribution in [2.75, 3.05) is 20.2 Å². The molecule has 3 atom stereocenters. The van der Waals surface area contributed by atoms with E-state index in [-0.39, 0.29) is 6.04 Å². The summed E-state index contributed by atoms with van der Waals surface area (Å²) < 4.78 is 5.62. The molecular formula is C16H26N2O. The summed E-state index contributed by atoms with van der Waals surface area (Å²) in [5.41, 5.74) is 8.78. The number of hydrogen-bond donors (Lipinski definition) is 1. The standard InChI is InChI=1S/C16H26N2O/c1-12-4-6-14(7-5-12)15(17)8-10-18(3)16-9-11-19-13(16)2/h4-7,13,15-16H,8-11,17H2,1-3H3. The van der Waals surface area contributed by atoms with Crippen LogP contribution in [0.15, 0.2) is 24.3 Å². The summed E-state index contributed by atoms with van der Waals surface area (Å²) in [4.78, 5) is 2.39. The fourth-order valence-corrected chi connectivity index (χ4v) is 2.79. The van der Waals surface area contributed by atoms with Gasteiger partial charge in [0.05, 0.1) is 6.10 Å². The summed E-state index contributed by atoms with van der Waals surface area (Å²) >= 11 is 0. The minimum absolute atomic E-state index is 0.126. The van der Waals surface area contributed by atoms with Crippen molar-refractivity contribution in [3.63, 3.8) is 0 Å². The molecule has 0 aliphatic carbocycles. The summed E-state index contributed by atoms with van der Waals surface area (Å²) in [6, 6.07) is 9.21. The molecule has 0 radical (unpaired) electrons. The number of aryl methyl sites for hydroxylation is 1. The van der Waals surface area contributed by atoms with Gasteiger partial charge in [0.15, 0.2) is 0 Å². The Labute approximate surface area is 116 Å². The topological polar surface area (TPSA) is 38.5 Å². The van der Waals surface area contributed by atoms with Gasteiger partial charge in [-0.3, -0.25) is 0 Å². The number of rotatable bonds is 5. The van der Waals surface area contributed by atoms with E-state index in [0.717, 1.165) is 26.0 Å². The third-order valence-corrected chi connectivity index (χ3v) is 4.20. The van der Waals surface area contributed by atoms with Crippen molar-refractivity contribution in [3.05, 3.63) is 35.4 Å². The van der Waals surface area contributed by atoms with Crippen molar-refractivity contribution in [1.82, 2.24) is 4.90 Å². The van der Waals surface area contributed by atoms with Gasteiger partial charge < -0.3 is 15.4 Å². The Bertz CT molecular complexity index is 390. The van der Waals surface area contributed by atoms with E-state index in [1.165, 1.54) is 11.1 Å². The van der Waals surface area contributed by atoms with Gasteiger partial charge in [-0.2, -0.15) is 0 Å². The van der Waals surface area contributed by atoms with E-state index in [4.69, 9.17) is 10.5 Å². The van der Waals surface area contributed by atoms with Crippen LogP contribution in [0, 0.1) is 6.92 Å². The zero-order valence-corrected chi connectivity index (χ0v) is 12.3. The van der Waals surface area contributed by atoms with Crippen LogP contribution in [0.3, 0.4) is 0 Å². The van der Waals surface area contributed by atoms with E-state index in [0.29, 0.717) is 12.1 Å². The molecule has 1 aromatic rings. The van der Waals surface area contributed by atoms with Gasteiger partial charge in [0.25, 0.3) is 0 Å². The second-order valence-corrected chi connectivity index (χ2v) is 5.72. The normalized spacial score (nSPS) is 24.9. The number of nitrogens with zero attached hydrogens (tertiary/aromatic N) is 1. The quantitative estimate of drug-likeness (QED) is 0.886. The number of likely N-dealkylation sites (N-methyl/N-ethyl adjacent to an activating group) is 1. The van der Waals surface area contributed by atoms with Gasteiger partial charge in [-0.05, 0) is 39.3 Å². The molecule has 1 saturated heterocycles. The molecule has 3 nitrogen and oxygen atoms in total. The lowest BCUT2D eigenvalue weighted by molar-refractivity contribution is 0.0827. The average Bonchev–Trinajstić information content (AvgIpc) is 2.83. The molecule has 0 aromatic heterocycles. The molecule has 106 valence electrons. The Kier molecular flexibility index (Phi) is 4.97. The second-order valence-electron chi connectivity index (χ2n) is 5.72. The molecule has 1 aliphatic heterocycles. The first-order valence-electron chi connectivity index (χ1n) is 7.22. The predicted molar refractivity (Wildman–Crippen MR) is 79.2 cm³/mol. The van der Waals surface area contributed by atoms with Crippen molar-refractivity contribution in [3.8, 4) is 0 Å². The summed E-state index contributed by atoms with van der Waals surface area (Å²) in [7, 11) is 2.18. The van der Waals surface area contributed by atoms with Crippen LogP contribution in [0.2, 0.25) is 0 Å². The van der Waals surface area contributed by atoms with E-state index in [9.17, 15) is 0 Å². The maximum atomic E-state index is 6.27. The van der Waals surface area contributed by atoms with E-state index in [1.807, 2.05) is 0 Å². The first kappa shape index (κ1) is 14.5. The summed E-state index contributed by atoms with van der Waals surface area (Å²) in [6.07, 6.45) is 2.47. The number of nitrogens with two attached hydrogens (primary N) is 1. The van der Waals surface area contributed by atoms with Crippen LogP contribution < -0.4 is 5.73 Å². The molecule has 0 amide bonds. The Morgan fingerprint density at radius 1 is 1.37 bits per heavy atom. The van der Waals surface area contributed by atoms with Crippen molar-refractivity contribution in [1.29, 1.82) is 0 Å². The zero-order valence-electron chi connectivity index (χ0n) is 12.3. The van der Waals surface area contributed by atoms with Gasteiger partial charge >= 0.3 is 0 Å². The van der Waals surface area contributed by atoms with Crippen molar-refractivity contribution < 1.29 is 4.74 Å². The van der Waals surface area contributed by atoms with Crippen LogP contribution in [0.5, 0.6) is 0 Å². The number of ether oxygens (including phenoxy) is 1. The molecular weight excluding hydrogens is 236 g/mol. The van der Waals surface area contributed by atoms with E-state index in [1.54, 1.807) is 0 Å². The highest BCUT2D eigenvalue weighted by atomic mass is 16.5. The van der Waals surface area contributed by atoms with Gasteiger partial charge in [-0.25, -0.2) is 0 Å². The molecule has 2 N–H and O–H groups in total. The Balaban J connectivity index is 1.82. The van der Waals surface area contributed by atoms with Crippen molar-refractivity contribution in [2.45, 2.75) is 44.9 Å². The minimum atomic E-state index is 0.126. The predicted octanol–water partition coefficient (Wildman–Crippen LogP) is 2.49. The molecule has 1 fully saturated rings. The zero-order chi connectivity index (χ0) is 13.8. The van der Waals surface area contributed by atoms with Crippen LogP contribution in [-0.4, -0.2) is 37.2 Å². The molecule has 1 aliphatic rings. The molecule has 2 rings (SSSR count). The van der Waals surface area contributed by atoms with Crippen LogP contribution >= 0.6 is 0 Å². The molecule has 19 heavy (non-hydrogen) atoms. The number of hydrogen-bond acceptors (Lipinski definition) is 3. The van der Waals surface area contributed by atoms with Gasteiger partial charge in [-0.1, -0.05) is 29.8 Å². The molecule has 1 aromatic carbocycles. The molecule has 3 heteroatoms. The van der Waals surface area contributed by atoms with Crippen molar-refractivity contribution in [2.24, 2.45) is 5.73 Å². The Morgan fingerprint density at radius 3 is 2.63 bits per heavy atom. The molecule has 0 spiro atoms. The maximum Gasteiger partial charge on any atom is 0.0702 e.